The Morgan fingerprint density at radius 3 is 2.94 bits per heavy atom. The fourth-order valence-electron chi connectivity index (χ4n) is 2.55. The topological polar surface area (TPSA) is 15.3 Å². The van der Waals surface area contributed by atoms with E-state index in [1.165, 1.54) is 47.4 Å². The number of rotatable bonds is 4. The summed E-state index contributed by atoms with van der Waals surface area (Å²) in [6, 6.07) is 9.36. The molecular weight excluding hydrogens is 260 g/mol. The molecule has 1 aromatic rings. The van der Waals surface area contributed by atoms with E-state index in [-0.39, 0.29) is 0 Å². The third-order valence-electron chi connectivity index (χ3n) is 3.62. The van der Waals surface area contributed by atoms with Gasteiger partial charge in [-0.3, -0.25) is 0 Å². The van der Waals surface area contributed by atoms with Gasteiger partial charge in [0.15, 0.2) is 0 Å². The average Bonchev–Trinajstić information content (AvgIpc) is 2.84. The van der Waals surface area contributed by atoms with Crippen LogP contribution >= 0.6 is 23.5 Å². The second-order valence-electron chi connectivity index (χ2n) is 4.81. The molecule has 1 saturated heterocycles. The summed E-state index contributed by atoms with van der Waals surface area (Å²) in [7, 11) is 0. The SMILES string of the molecule is c1ccc2c(c1)SCC2NCCN1CCSCC1. The van der Waals surface area contributed by atoms with Crippen LogP contribution in [0.15, 0.2) is 29.2 Å². The number of nitrogens with one attached hydrogen (secondary N) is 1. The van der Waals surface area contributed by atoms with Crippen molar-refractivity contribution in [1.82, 2.24) is 10.2 Å². The molecule has 1 atom stereocenters. The van der Waals surface area contributed by atoms with E-state index in [9.17, 15) is 0 Å². The van der Waals surface area contributed by atoms with Crippen LogP contribution in [-0.2, 0) is 0 Å². The Hall–Kier alpha value is -0.160. The van der Waals surface area contributed by atoms with E-state index >= 15 is 0 Å². The first-order chi connectivity index (χ1) is 8.93. The Kier molecular flexibility index (Phi) is 4.52. The summed E-state index contributed by atoms with van der Waals surface area (Å²) in [4.78, 5) is 4.04. The van der Waals surface area contributed by atoms with Gasteiger partial charge in [0.1, 0.15) is 0 Å². The standard InChI is InChI=1S/C14H20N2S2/c1-2-4-14-12(3-1)13(11-18-14)15-5-6-16-7-9-17-10-8-16/h1-4,13,15H,5-11H2. The van der Waals surface area contributed by atoms with Crippen LogP contribution < -0.4 is 5.32 Å². The molecule has 0 radical (unpaired) electrons. The first kappa shape index (κ1) is 12.9. The smallest absolute Gasteiger partial charge is 0.0426 e. The van der Waals surface area contributed by atoms with Crippen LogP contribution in [-0.4, -0.2) is 48.3 Å². The molecule has 0 saturated carbocycles. The molecule has 3 rings (SSSR count). The van der Waals surface area contributed by atoms with E-state index in [0.717, 1.165) is 6.54 Å². The van der Waals surface area contributed by atoms with E-state index in [1.807, 2.05) is 11.8 Å². The fourth-order valence-corrected chi connectivity index (χ4v) is 4.73. The summed E-state index contributed by atoms with van der Waals surface area (Å²) in [6.07, 6.45) is 0. The maximum atomic E-state index is 3.72. The van der Waals surface area contributed by atoms with Gasteiger partial charge >= 0.3 is 0 Å². The highest BCUT2D eigenvalue weighted by atomic mass is 32.2. The number of benzene rings is 1. The highest BCUT2D eigenvalue weighted by Gasteiger charge is 2.22. The number of hydrogen-bond acceptors (Lipinski definition) is 4. The third kappa shape index (κ3) is 3.05. The molecule has 1 N–H and O–H groups in total. The lowest BCUT2D eigenvalue weighted by Gasteiger charge is -2.26. The van der Waals surface area contributed by atoms with E-state index in [1.54, 1.807) is 0 Å². The minimum absolute atomic E-state index is 0.561. The summed E-state index contributed by atoms with van der Waals surface area (Å²) in [6.45, 7) is 4.85. The van der Waals surface area contributed by atoms with Crippen molar-refractivity contribution in [3.63, 3.8) is 0 Å². The summed E-state index contributed by atoms with van der Waals surface area (Å²) in [5, 5.41) is 3.72. The van der Waals surface area contributed by atoms with Crippen molar-refractivity contribution in [3.05, 3.63) is 29.8 Å². The molecule has 18 heavy (non-hydrogen) atoms. The second kappa shape index (κ2) is 6.33. The Labute approximate surface area is 118 Å². The van der Waals surface area contributed by atoms with Crippen LogP contribution in [0.2, 0.25) is 0 Å². The molecule has 2 nitrogen and oxygen atoms in total. The van der Waals surface area contributed by atoms with Gasteiger partial charge in [-0.05, 0) is 11.6 Å². The van der Waals surface area contributed by atoms with Gasteiger partial charge in [0.05, 0.1) is 0 Å². The fraction of sp³-hybridized carbons (Fsp3) is 0.571. The molecule has 1 aromatic carbocycles. The molecule has 4 heteroatoms. The van der Waals surface area contributed by atoms with E-state index < -0.39 is 0 Å². The Bertz CT molecular complexity index is 391. The molecule has 0 aliphatic carbocycles. The molecule has 0 bridgehead atoms. The van der Waals surface area contributed by atoms with Gasteiger partial charge < -0.3 is 10.2 Å². The largest absolute Gasteiger partial charge is 0.308 e. The molecule has 2 aliphatic rings. The minimum Gasteiger partial charge on any atom is -0.308 e. The maximum Gasteiger partial charge on any atom is 0.0426 e. The number of nitrogens with zero attached hydrogens (tertiary/aromatic N) is 1. The molecule has 0 spiro atoms. The number of fused-ring (bicyclic) bond motifs is 1. The monoisotopic (exact) mass is 280 g/mol. The lowest BCUT2D eigenvalue weighted by molar-refractivity contribution is 0.297. The summed E-state index contributed by atoms with van der Waals surface area (Å²) in [5.41, 5.74) is 1.50. The van der Waals surface area contributed by atoms with Crippen LogP contribution in [0.3, 0.4) is 0 Å². The molecule has 2 aliphatic heterocycles. The molecule has 98 valence electrons. The van der Waals surface area contributed by atoms with Crippen LogP contribution in [0.4, 0.5) is 0 Å². The lowest BCUT2D eigenvalue weighted by Crippen LogP contribution is -2.38. The highest BCUT2D eigenvalue weighted by molar-refractivity contribution is 7.99. The predicted molar refractivity (Wildman–Crippen MR) is 81.7 cm³/mol. The summed E-state index contributed by atoms with van der Waals surface area (Å²) in [5.74, 6) is 3.80. The van der Waals surface area contributed by atoms with Gasteiger partial charge in [0.2, 0.25) is 0 Å². The van der Waals surface area contributed by atoms with Gasteiger partial charge in [-0.15, -0.1) is 11.8 Å². The van der Waals surface area contributed by atoms with E-state index in [4.69, 9.17) is 0 Å². The first-order valence-electron chi connectivity index (χ1n) is 6.69. The van der Waals surface area contributed by atoms with Crippen molar-refractivity contribution in [2.24, 2.45) is 0 Å². The van der Waals surface area contributed by atoms with Crippen LogP contribution in [0, 0.1) is 0 Å². The van der Waals surface area contributed by atoms with Gasteiger partial charge in [-0.2, -0.15) is 11.8 Å². The number of hydrogen-bond donors (Lipinski definition) is 1. The number of thioether (sulfide) groups is 2. The van der Waals surface area contributed by atoms with Crippen molar-refractivity contribution >= 4 is 23.5 Å². The zero-order valence-corrected chi connectivity index (χ0v) is 12.2. The van der Waals surface area contributed by atoms with Crippen LogP contribution in [0.25, 0.3) is 0 Å². The van der Waals surface area contributed by atoms with Gasteiger partial charge in [0, 0.05) is 54.4 Å². The lowest BCUT2D eigenvalue weighted by atomic mass is 10.1. The quantitative estimate of drug-likeness (QED) is 0.911. The minimum atomic E-state index is 0.561. The Balaban J connectivity index is 1.47. The third-order valence-corrected chi connectivity index (χ3v) is 5.75. The van der Waals surface area contributed by atoms with Crippen molar-refractivity contribution in [1.29, 1.82) is 0 Å². The zero-order valence-electron chi connectivity index (χ0n) is 10.6. The second-order valence-corrected chi connectivity index (χ2v) is 7.10. The van der Waals surface area contributed by atoms with Crippen LogP contribution in [0.1, 0.15) is 11.6 Å². The molecule has 1 unspecified atom stereocenters. The zero-order chi connectivity index (χ0) is 12.2. The predicted octanol–water partition coefficient (Wildman–Crippen LogP) is 2.47. The molecular formula is C14H20N2S2. The van der Waals surface area contributed by atoms with Gasteiger partial charge in [0.25, 0.3) is 0 Å². The Morgan fingerprint density at radius 1 is 1.22 bits per heavy atom. The van der Waals surface area contributed by atoms with E-state index in [2.05, 4.69) is 46.2 Å². The highest BCUT2D eigenvalue weighted by Crippen LogP contribution is 2.37. The first-order valence-corrected chi connectivity index (χ1v) is 8.83. The van der Waals surface area contributed by atoms with Crippen molar-refractivity contribution in [2.75, 3.05) is 43.4 Å². The molecule has 0 amide bonds. The summed E-state index contributed by atoms with van der Waals surface area (Å²) >= 11 is 4.07. The maximum absolute atomic E-state index is 3.72. The van der Waals surface area contributed by atoms with Crippen molar-refractivity contribution in [2.45, 2.75) is 10.9 Å². The van der Waals surface area contributed by atoms with E-state index in [0.29, 0.717) is 6.04 Å². The molecule has 1 fully saturated rings. The normalized spacial score (nSPS) is 24.1. The van der Waals surface area contributed by atoms with Crippen LogP contribution in [0.5, 0.6) is 0 Å². The Morgan fingerprint density at radius 2 is 2.06 bits per heavy atom. The van der Waals surface area contributed by atoms with Gasteiger partial charge in [-0.1, -0.05) is 18.2 Å². The average molecular weight is 280 g/mol. The molecule has 2 heterocycles. The van der Waals surface area contributed by atoms with Crippen molar-refractivity contribution < 1.29 is 0 Å². The molecule has 0 aromatic heterocycles. The summed E-state index contributed by atoms with van der Waals surface area (Å²) < 4.78 is 0. The van der Waals surface area contributed by atoms with Crippen molar-refractivity contribution in [3.8, 4) is 0 Å². The van der Waals surface area contributed by atoms with Gasteiger partial charge in [-0.25, -0.2) is 0 Å².